The number of benzene rings is 2. The lowest BCUT2D eigenvalue weighted by atomic mass is 10.1. The van der Waals surface area contributed by atoms with E-state index in [9.17, 15) is 0 Å². The maximum absolute atomic E-state index is 6.00. The Labute approximate surface area is 272 Å². The first-order valence-electron chi connectivity index (χ1n) is 16.6. The van der Waals surface area contributed by atoms with Gasteiger partial charge >= 0.3 is 0 Å². The summed E-state index contributed by atoms with van der Waals surface area (Å²) in [6, 6.07) is 12.8. The molecule has 2 aromatic carbocycles. The molecule has 0 N–H and O–H groups in total. The molecular weight excluding hydrogens is 656 g/mol. The van der Waals surface area contributed by atoms with Crippen LogP contribution in [0.1, 0.15) is 125 Å². The Morgan fingerprint density at radius 3 is 0.786 bits per heavy atom. The van der Waals surface area contributed by atoms with Crippen molar-refractivity contribution in [3.05, 3.63) is 67.6 Å². The lowest BCUT2D eigenvalue weighted by Crippen LogP contribution is -2.01. The lowest BCUT2D eigenvalue weighted by molar-refractivity contribution is 0.111. The highest BCUT2D eigenvalue weighted by Gasteiger charge is 2.08. The fraction of sp³-hybridized carbons (Fsp3) is 0.667. The van der Waals surface area contributed by atoms with Crippen LogP contribution < -0.4 is 0 Å². The largest absolute Gasteiger partial charge is 0.377 e. The topological polar surface area (TPSA) is 36.9 Å². The molecule has 4 bridgehead atoms. The second kappa shape index (κ2) is 23.6. The average molecular weight is 711 g/mol. The van der Waals surface area contributed by atoms with Crippen molar-refractivity contribution in [1.29, 1.82) is 0 Å². The van der Waals surface area contributed by atoms with Crippen LogP contribution in [0.25, 0.3) is 0 Å². The molecule has 4 nitrogen and oxygen atoms in total. The Balaban J connectivity index is 1.37. The molecule has 1 aliphatic heterocycles. The lowest BCUT2D eigenvalue weighted by Gasteiger charge is -2.12. The predicted molar refractivity (Wildman–Crippen MR) is 181 cm³/mol. The highest BCUT2D eigenvalue weighted by Crippen LogP contribution is 2.25. The SMILES string of the molecule is Brc1c2cccc1COCCCCCCCCCCOCc1cccc(c1Br)COCCCCCCCCCCOC2. The van der Waals surface area contributed by atoms with E-state index in [4.69, 9.17) is 18.9 Å². The highest BCUT2D eigenvalue weighted by molar-refractivity contribution is 9.10. The fourth-order valence-corrected chi connectivity index (χ4v) is 6.36. The first kappa shape index (κ1) is 35.7. The zero-order chi connectivity index (χ0) is 29.5. The molecule has 1 aliphatic rings. The summed E-state index contributed by atoms with van der Waals surface area (Å²) < 4.78 is 26.3. The maximum atomic E-state index is 6.00. The summed E-state index contributed by atoms with van der Waals surface area (Å²) in [6.07, 6.45) is 20.0. The maximum Gasteiger partial charge on any atom is 0.0727 e. The van der Waals surface area contributed by atoms with Gasteiger partial charge in [-0.05, 0) is 47.9 Å². The minimum absolute atomic E-state index is 0.659. The molecule has 0 saturated heterocycles. The number of hydrogen-bond donors (Lipinski definition) is 0. The zero-order valence-corrected chi connectivity index (χ0v) is 29.0. The zero-order valence-electron chi connectivity index (χ0n) is 25.8. The molecule has 6 heteroatoms. The Morgan fingerprint density at radius 1 is 0.333 bits per heavy atom. The molecule has 236 valence electrons. The van der Waals surface area contributed by atoms with Gasteiger partial charge in [0.05, 0.1) is 26.4 Å². The summed E-state index contributed by atoms with van der Waals surface area (Å²) in [5.41, 5.74) is 4.85. The van der Waals surface area contributed by atoms with Crippen LogP contribution in [0.15, 0.2) is 45.3 Å². The molecule has 0 unspecified atom stereocenters. The highest BCUT2D eigenvalue weighted by atomic mass is 79.9. The van der Waals surface area contributed by atoms with Crippen LogP contribution in [-0.2, 0) is 45.4 Å². The van der Waals surface area contributed by atoms with E-state index in [0.29, 0.717) is 26.4 Å². The van der Waals surface area contributed by atoms with Gasteiger partial charge in [-0.15, -0.1) is 0 Å². The molecule has 0 radical (unpaired) electrons. The van der Waals surface area contributed by atoms with Gasteiger partial charge in [0.1, 0.15) is 0 Å². The molecule has 0 amide bonds. The molecule has 0 fully saturated rings. The Bertz CT molecular complexity index is 821. The summed E-state index contributed by atoms with van der Waals surface area (Å²) in [4.78, 5) is 0. The van der Waals surface area contributed by atoms with Crippen molar-refractivity contribution >= 4 is 31.9 Å². The van der Waals surface area contributed by atoms with Crippen molar-refractivity contribution in [2.45, 2.75) is 129 Å². The first-order chi connectivity index (χ1) is 20.8. The summed E-state index contributed by atoms with van der Waals surface area (Å²) >= 11 is 7.58. The van der Waals surface area contributed by atoms with Gasteiger partial charge < -0.3 is 18.9 Å². The molecular formula is C36H54Br2O4. The van der Waals surface area contributed by atoms with Gasteiger partial charge in [-0.25, -0.2) is 0 Å². The average Bonchev–Trinajstić information content (AvgIpc) is 2.99. The van der Waals surface area contributed by atoms with Gasteiger partial charge in [-0.3, -0.25) is 0 Å². The van der Waals surface area contributed by atoms with E-state index in [0.717, 1.165) is 61.1 Å². The second-order valence-corrected chi connectivity index (χ2v) is 13.2. The van der Waals surface area contributed by atoms with E-state index in [-0.39, 0.29) is 0 Å². The monoisotopic (exact) mass is 708 g/mol. The summed E-state index contributed by atoms with van der Waals surface area (Å²) in [5, 5.41) is 0. The van der Waals surface area contributed by atoms with Crippen LogP contribution in [0.2, 0.25) is 0 Å². The van der Waals surface area contributed by atoms with Crippen molar-refractivity contribution in [2.24, 2.45) is 0 Å². The van der Waals surface area contributed by atoms with Gasteiger partial charge in [0.15, 0.2) is 0 Å². The number of ether oxygens (including phenoxy) is 4. The third-order valence-electron chi connectivity index (χ3n) is 8.00. The van der Waals surface area contributed by atoms with Crippen molar-refractivity contribution in [2.75, 3.05) is 26.4 Å². The minimum atomic E-state index is 0.659. The van der Waals surface area contributed by atoms with Crippen molar-refractivity contribution in [3.63, 3.8) is 0 Å². The third-order valence-corrected chi connectivity index (χ3v) is 10.0. The van der Waals surface area contributed by atoms with E-state index < -0.39 is 0 Å². The van der Waals surface area contributed by atoms with E-state index in [2.05, 4.69) is 68.3 Å². The number of halogens is 2. The number of hydrogen-bond acceptors (Lipinski definition) is 4. The smallest absolute Gasteiger partial charge is 0.0727 e. The van der Waals surface area contributed by atoms with Crippen LogP contribution in [0, 0.1) is 0 Å². The van der Waals surface area contributed by atoms with E-state index in [1.165, 1.54) is 99.3 Å². The Kier molecular flexibility index (Phi) is 20.1. The number of fused-ring (bicyclic) bond motifs is 4. The van der Waals surface area contributed by atoms with Crippen LogP contribution in [0.3, 0.4) is 0 Å². The molecule has 0 atom stereocenters. The normalized spacial score (nSPS) is 19.9. The minimum Gasteiger partial charge on any atom is -0.377 e. The van der Waals surface area contributed by atoms with Gasteiger partial charge in [-0.1, -0.05) is 145 Å². The molecule has 0 aromatic heterocycles. The van der Waals surface area contributed by atoms with Gasteiger partial charge in [0, 0.05) is 35.4 Å². The molecule has 0 spiro atoms. The standard InChI is InChI=1S/C36H54Br2O4/c37-35-31-19-17-21-33(35)29-41-25-15-11-7-3-4-8-12-16-26-42-30-34-22-18-20-32(36(34)38)28-40-24-14-10-6-2-1-5-9-13-23-39-27-31/h17-22H,1-16,23-30H2. The van der Waals surface area contributed by atoms with E-state index in [1.54, 1.807) is 0 Å². The predicted octanol–water partition coefficient (Wildman–Crippen LogP) is 11.2. The number of rotatable bonds is 0. The van der Waals surface area contributed by atoms with E-state index in [1.807, 2.05) is 0 Å². The van der Waals surface area contributed by atoms with E-state index >= 15 is 0 Å². The summed E-state index contributed by atoms with van der Waals surface area (Å²) in [7, 11) is 0. The van der Waals surface area contributed by atoms with Crippen molar-refractivity contribution < 1.29 is 18.9 Å². The molecule has 3 rings (SSSR count). The second-order valence-electron chi connectivity index (χ2n) is 11.6. The van der Waals surface area contributed by atoms with Crippen LogP contribution in [0.4, 0.5) is 0 Å². The van der Waals surface area contributed by atoms with Gasteiger partial charge in [0.2, 0.25) is 0 Å². The van der Waals surface area contributed by atoms with Gasteiger partial charge in [0.25, 0.3) is 0 Å². The van der Waals surface area contributed by atoms with Crippen molar-refractivity contribution in [3.8, 4) is 0 Å². The molecule has 0 saturated carbocycles. The van der Waals surface area contributed by atoms with Crippen LogP contribution >= 0.6 is 31.9 Å². The van der Waals surface area contributed by atoms with Crippen molar-refractivity contribution in [1.82, 2.24) is 0 Å². The van der Waals surface area contributed by atoms with Crippen LogP contribution in [0.5, 0.6) is 0 Å². The quantitative estimate of drug-likeness (QED) is 0.273. The Morgan fingerprint density at radius 2 is 0.548 bits per heavy atom. The van der Waals surface area contributed by atoms with Crippen LogP contribution in [-0.4, -0.2) is 26.4 Å². The first-order valence-corrected chi connectivity index (χ1v) is 18.2. The molecule has 1 heterocycles. The molecule has 42 heavy (non-hydrogen) atoms. The summed E-state index contributed by atoms with van der Waals surface area (Å²) in [5.74, 6) is 0. The van der Waals surface area contributed by atoms with Gasteiger partial charge in [-0.2, -0.15) is 0 Å². The molecule has 2 aromatic rings. The third kappa shape index (κ3) is 15.3. The summed E-state index contributed by atoms with van der Waals surface area (Å²) in [6.45, 7) is 5.95. The Hall–Kier alpha value is -0.760. The fourth-order valence-electron chi connectivity index (χ4n) is 5.38. The molecule has 0 aliphatic carbocycles.